The molecule has 3 nitrogen and oxygen atoms in total. The Bertz CT molecular complexity index is 1100. The molecule has 0 saturated carbocycles. The summed E-state index contributed by atoms with van der Waals surface area (Å²) in [7, 11) is 0. The van der Waals surface area contributed by atoms with E-state index in [9.17, 15) is 4.39 Å². The normalized spacial score (nSPS) is 11.2. The summed E-state index contributed by atoms with van der Waals surface area (Å²) in [5.41, 5.74) is 6.26. The lowest BCUT2D eigenvalue weighted by molar-refractivity contribution is 0.594. The highest BCUT2D eigenvalue weighted by Gasteiger charge is 2.14. The van der Waals surface area contributed by atoms with Crippen molar-refractivity contribution < 1.29 is 4.39 Å². The van der Waals surface area contributed by atoms with Gasteiger partial charge < -0.3 is 4.57 Å². The molecule has 27 heavy (non-hydrogen) atoms. The number of aryl methyl sites for hydroxylation is 2. The Hall–Kier alpha value is -2.66. The summed E-state index contributed by atoms with van der Waals surface area (Å²) in [5, 5.41) is 0.877. The number of imidazole rings is 1. The zero-order valence-electron chi connectivity index (χ0n) is 15.3. The number of hydrogen-bond acceptors (Lipinski definition) is 3. The first-order valence-corrected chi connectivity index (χ1v) is 9.83. The molecule has 0 radical (unpaired) electrons. The number of thioether (sulfide) groups is 1. The molecule has 0 amide bonds. The molecule has 0 bridgehead atoms. The Labute approximate surface area is 162 Å². The molecule has 0 spiro atoms. The predicted molar refractivity (Wildman–Crippen MR) is 109 cm³/mol. The SMILES string of the molecule is Cc1ccc(C)c(CSc2nc3ccncc3n2Cc2ccccc2F)c1. The Kier molecular flexibility index (Phi) is 4.94. The third-order valence-electron chi connectivity index (χ3n) is 4.66. The number of pyridine rings is 1. The number of halogens is 1. The van der Waals surface area contributed by atoms with E-state index in [0.717, 1.165) is 21.9 Å². The number of aromatic nitrogens is 3. The van der Waals surface area contributed by atoms with Crippen LogP contribution < -0.4 is 0 Å². The Morgan fingerprint density at radius 2 is 1.89 bits per heavy atom. The van der Waals surface area contributed by atoms with E-state index in [1.54, 1.807) is 30.2 Å². The third-order valence-corrected chi connectivity index (χ3v) is 5.69. The second-order valence-electron chi connectivity index (χ2n) is 6.65. The second kappa shape index (κ2) is 7.53. The second-order valence-corrected chi connectivity index (χ2v) is 7.60. The summed E-state index contributed by atoms with van der Waals surface area (Å²) < 4.78 is 16.3. The van der Waals surface area contributed by atoms with Crippen LogP contribution in [0.5, 0.6) is 0 Å². The summed E-state index contributed by atoms with van der Waals surface area (Å²) in [6.07, 6.45) is 3.53. The van der Waals surface area contributed by atoms with E-state index in [4.69, 9.17) is 4.98 Å². The molecule has 4 aromatic rings. The maximum absolute atomic E-state index is 14.2. The molecule has 0 aliphatic rings. The van der Waals surface area contributed by atoms with E-state index in [1.807, 2.05) is 18.2 Å². The van der Waals surface area contributed by atoms with Crippen LogP contribution in [0.15, 0.2) is 66.1 Å². The van der Waals surface area contributed by atoms with E-state index >= 15 is 0 Å². The van der Waals surface area contributed by atoms with E-state index in [2.05, 4.69) is 41.6 Å². The lowest BCUT2D eigenvalue weighted by atomic mass is 10.1. The maximum atomic E-state index is 14.2. The molecule has 0 unspecified atom stereocenters. The fourth-order valence-corrected chi connectivity index (χ4v) is 4.18. The molecule has 4 rings (SSSR count). The van der Waals surface area contributed by atoms with Crippen molar-refractivity contribution in [2.24, 2.45) is 0 Å². The number of nitrogens with zero attached hydrogens (tertiary/aromatic N) is 3. The summed E-state index contributed by atoms with van der Waals surface area (Å²) in [4.78, 5) is 9.00. The van der Waals surface area contributed by atoms with Gasteiger partial charge in [-0.2, -0.15) is 0 Å². The van der Waals surface area contributed by atoms with Gasteiger partial charge in [0.2, 0.25) is 0 Å². The first-order chi connectivity index (χ1) is 13.1. The third kappa shape index (κ3) is 3.74. The van der Waals surface area contributed by atoms with Crippen molar-refractivity contribution >= 4 is 22.8 Å². The zero-order valence-corrected chi connectivity index (χ0v) is 16.1. The van der Waals surface area contributed by atoms with Crippen molar-refractivity contribution in [2.75, 3.05) is 0 Å². The number of benzene rings is 2. The zero-order chi connectivity index (χ0) is 18.8. The minimum atomic E-state index is -0.200. The van der Waals surface area contributed by atoms with Gasteiger partial charge in [0.1, 0.15) is 5.82 Å². The van der Waals surface area contributed by atoms with Crippen molar-refractivity contribution in [3.63, 3.8) is 0 Å². The summed E-state index contributed by atoms with van der Waals surface area (Å²) in [5.74, 6) is 0.621. The summed E-state index contributed by atoms with van der Waals surface area (Å²) >= 11 is 1.68. The van der Waals surface area contributed by atoms with Crippen LogP contribution in [0, 0.1) is 19.7 Å². The van der Waals surface area contributed by atoms with Crippen molar-refractivity contribution in [3.05, 3.63) is 89.0 Å². The molecule has 2 heterocycles. The van der Waals surface area contributed by atoms with Gasteiger partial charge >= 0.3 is 0 Å². The smallest absolute Gasteiger partial charge is 0.169 e. The molecule has 2 aromatic heterocycles. The highest BCUT2D eigenvalue weighted by molar-refractivity contribution is 7.98. The highest BCUT2D eigenvalue weighted by Crippen LogP contribution is 2.29. The van der Waals surface area contributed by atoms with Crippen molar-refractivity contribution in [1.29, 1.82) is 0 Å². The van der Waals surface area contributed by atoms with Crippen LogP contribution in [-0.4, -0.2) is 14.5 Å². The molecule has 2 aromatic carbocycles. The largest absolute Gasteiger partial charge is 0.313 e. The van der Waals surface area contributed by atoms with Crippen LogP contribution >= 0.6 is 11.8 Å². The van der Waals surface area contributed by atoms with Gasteiger partial charge in [-0.15, -0.1) is 0 Å². The first-order valence-electron chi connectivity index (χ1n) is 8.84. The van der Waals surface area contributed by atoms with E-state index in [-0.39, 0.29) is 5.82 Å². The average Bonchev–Trinajstić information content (AvgIpc) is 3.02. The van der Waals surface area contributed by atoms with Crippen LogP contribution in [0.3, 0.4) is 0 Å². The van der Waals surface area contributed by atoms with Gasteiger partial charge in [0, 0.05) is 17.5 Å². The first kappa shape index (κ1) is 17.7. The molecule has 0 fully saturated rings. The van der Waals surface area contributed by atoms with Gasteiger partial charge in [-0.3, -0.25) is 4.98 Å². The summed E-state index contributed by atoms with van der Waals surface area (Å²) in [6, 6.07) is 15.3. The van der Waals surface area contributed by atoms with E-state index in [1.165, 1.54) is 22.8 Å². The quantitative estimate of drug-likeness (QED) is 0.429. The van der Waals surface area contributed by atoms with Gasteiger partial charge in [0.05, 0.1) is 23.8 Å². The van der Waals surface area contributed by atoms with Crippen molar-refractivity contribution in [2.45, 2.75) is 31.3 Å². The molecule has 0 N–H and O–H groups in total. The number of hydrogen-bond donors (Lipinski definition) is 0. The van der Waals surface area contributed by atoms with Crippen LogP contribution in [0.25, 0.3) is 11.0 Å². The van der Waals surface area contributed by atoms with Gasteiger partial charge in [0.15, 0.2) is 5.16 Å². The molecule has 136 valence electrons. The van der Waals surface area contributed by atoms with Crippen LogP contribution in [0.1, 0.15) is 22.3 Å². The lowest BCUT2D eigenvalue weighted by Crippen LogP contribution is -2.04. The fourth-order valence-electron chi connectivity index (χ4n) is 3.11. The minimum Gasteiger partial charge on any atom is -0.313 e. The molecular weight excluding hydrogens is 357 g/mol. The Morgan fingerprint density at radius 1 is 1.04 bits per heavy atom. The molecule has 0 aliphatic carbocycles. The van der Waals surface area contributed by atoms with Gasteiger partial charge in [-0.05, 0) is 37.1 Å². The Morgan fingerprint density at radius 3 is 2.74 bits per heavy atom. The van der Waals surface area contributed by atoms with E-state index in [0.29, 0.717) is 12.1 Å². The molecule has 5 heteroatoms. The van der Waals surface area contributed by atoms with Gasteiger partial charge in [-0.25, -0.2) is 9.37 Å². The molecule has 0 atom stereocenters. The van der Waals surface area contributed by atoms with Crippen molar-refractivity contribution in [3.8, 4) is 0 Å². The maximum Gasteiger partial charge on any atom is 0.169 e. The number of fused-ring (bicyclic) bond motifs is 1. The fraction of sp³-hybridized carbons (Fsp3) is 0.182. The predicted octanol–water partition coefficient (Wildman–Crippen LogP) is 5.53. The average molecular weight is 377 g/mol. The van der Waals surface area contributed by atoms with Gasteiger partial charge in [-0.1, -0.05) is 53.7 Å². The minimum absolute atomic E-state index is 0.200. The van der Waals surface area contributed by atoms with Crippen molar-refractivity contribution in [1.82, 2.24) is 14.5 Å². The van der Waals surface area contributed by atoms with Crippen LogP contribution in [-0.2, 0) is 12.3 Å². The molecular formula is C22H20FN3S. The van der Waals surface area contributed by atoms with Crippen LogP contribution in [0.4, 0.5) is 4.39 Å². The molecule has 0 aliphatic heterocycles. The standard InChI is InChI=1S/C22H20FN3S/c1-15-7-8-16(2)18(11-15)14-27-22-25-20-9-10-24-12-21(20)26(22)13-17-5-3-4-6-19(17)23/h3-12H,13-14H2,1-2H3. The number of rotatable bonds is 5. The van der Waals surface area contributed by atoms with E-state index < -0.39 is 0 Å². The lowest BCUT2D eigenvalue weighted by Gasteiger charge is -2.11. The van der Waals surface area contributed by atoms with Gasteiger partial charge in [0.25, 0.3) is 0 Å². The highest BCUT2D eigenvalue weighted by atomic mass is 32.2. The molecule has 0 saturated heterocycles. The topological polar surface area (TPSA) is 30.7 Å². The Balaban J connectivity index is 1.69. The summed E-state index contributed by atoms with van der Waals surface area (Å²) in [6.45, 7) is 4.66. The monoisotopic (exact) mass is 377 g/mol. The van der Waals surface area contributed by atoms with Crippen LogP contribution in [0.2, 0.25) is 0 Å².